The van der Waals surface area contributed by atoms with Gasteiger partial charge in [0.25, 0.3) is 0 Å². The lowest BCUT2D eigenvalue weighted by Crippen LogP contribution is -2.33. The van der Waals surface area contributed by atoms with E-state index in [0.29, 0.717) is 12.6 Å². The minimum atomic E-state index is 0.239. The standard InChI is InChI=1S/C11H21NO/c1-3-4-5-10(2)12-8-11(9-13)6-7-11/h3,10,12-13H,1,4-9H2,2H3. The molecule has 1 fully saturated rings. The molecule has 0 heterocycles. The zero-order valence-corrected chi connectivity index (χ0v) is 8.55. The molecule has 2 nitrogen and oxygen atoms in total. The van der Waals surface area contributed by atoms with E-state index in [-0.39, 0.29) is 5.41 Å². The molecule has 13 heavy (non-hydrogen) atoms. The second-order valence-corrected chi connectivity index (χ2v) is 4.31. The summed E-state index contributed by atoms with van der Waals surface area (Å²) >= 11 is 0. The lowest BCUT2D eigenvalue weighted by molar-refractivity contribution is 0.204. The van der Waals surface area contributed by atoms with Gasteiger partial charge in [0, 0.05) is 24.6 Å². The van der Waals surface area contributed by atoms with Crippen molar-refractivity contribution in [3.8, 4) is 0 Å². The lowest BCUT2D eigenvalue weighted by atomic mass is 10.1. The molecule has 1 rings (SSSR count). The molecule has 0 aromatic heterocycles. The van der Waals surface area contributed by atoms with Crippen molar-refractivity contribution < 1.29 is 5.11 Å². The average molecular weight is 183 g/mol. The molecule has 0 aliphatic heterocycles. The molecule has 1 unspecified atom stereocenters. The van der Waals surface area contributed by atoms with Gasteiger partial charge in [-0.3, -0.25) is 0 Å². The summed E-state index contributed by atoms with van der Waals surface area (Å²) in [6.07, 6.45) is 6.54. The van der Waals surface area contributed by atoms with Crippen LogP contribution in [0.4, 0.5) is 0 Å². The number of aliphatic hydroxyl groups excluding tert-OH is 1. The van der Waals surface area contributed by atoms with Crippen LogP contribution < -0.4 is 5.32 Å². The SMILES string of the molecule is C=CCCC(C)NCC1(CO)CC1. The molecular weight excluding hydrogens is 162 g/mol. The second kappa shape index (κ2) is 4.77. The fraction of sp³-hybridized carbons (Fsp3) is 0.818. The van der Waals surface area contributed by atoms with Crippen molar-refractivity contribution in [3.63, 3.8) is 0 Å². The normalized spacial score (nSPS) is 21.1. The third-order valence-corrected chi connectivity index (χ3v) is 2.92. The van der Waals surface area contributed by atoms with Crippen LogP contribution in [-0.4, -0.2) is 24.3 Å². The summed E-state index contributed by atoms with van der Waals surface area (Å²) < 4.78 is 0. The molecule has 0 amide bonds. The monoisotopic (exact) mass is 183 g/mol. The van der Waals surface area contributed by atoms with Crippen LogP contribution in [0, 0.1) is 5.41 Å². The van der Waals surface area contributed by atoms with E-state index in [2.05, 4.69) is 18.8 Å². The molecule has 1 atom stereocenters. The Morgan fingerprint density at radius 3 is 2.77 bits per heavy atom. The van der Waals surface area contributed by atoms with Gasteiger partial charge in [-0.05, 0) is 32.6 Å². The highest BCUT2D eigenvalue weighted by Gasteiger charge is 2.41. The summed E-state index contributed by atoms with van der Waals surface area (Å²) in [4.78, 5) is 0. The maximum Gasteiger partial charge on any atom is 0.0499 e. The summed E-state index contributed by atoms with van der Waals surface area (Å²) in [5, 5.41) is 12.6. The van der Waals surface area contributed by atoms with Gasteiger partial charge in [0.05, 0.1) is 0 Å². The van der Waals surface area contributed by atoms with E-state index in [0.717, 1.165) is 19.4 Å². The highest BCUT2D eigenvalue weighted by atomic mass is 16.3. The van der Waals surface area contributed by atoms with Crippen LogP contribution in [0.25, 0.3) is 0 Å². The smallest absolute Gasteiger partial charge is 0.0499 e. The van der Waals surface area contributed by atoms with E-state index in [1.165, 1.54) is 12.8 Å². The zero-order chi connectivity index (χ0) is 9.73. The van der Waals surface area contributed by atoms with Gasteiger partial charge in [0.1, 0.15) is 0 Å². The third kappa shape index (κ3) is 3.49. The molecule has 1 aliphatic rings. The first-order chi connectivity index (χ1) is 6.22. The van der Waals surface area contributed by atoms with Crippen LogP contribution in [0.15, 0.2) is 12.7 Å². The molecule has 76 valence electrons. The summed E-state index contributed by atoms with van der Waals surface area (Å²) in [7, 11) is 0. The zero-order valence-electron chi connectivity index (χ0n) is 8.55. The predicted molar refractivity (Wildman–Crippen MR) is 55.6 cm³/mol. The lowest BCUT2D eigenvalue weighted by Gasteiger charge is -2.17. The molecule has 0 aromatic carbocycles. The third-order valence-electron chi connectivity index (χ3n) is 2.92. The Labute approximate surface area is 81.0 Å². The van der Waals surface area contributed by atoms with Crippen molar-refractivity contribution in [2.75, 3.05) is 13.2 Å². The van der Waals surface area contributed by atoms with E-state index in [1.807, 2.05) is 6.08 Å². The van der Waals surface area contributed by atoms with Crippen molar-refractivity contribution in [1.29, 1.82) is 0 Å². The Kier molecular flexibility index (Phi) is 3.94. The molecule has 0 radical (unpaired) electrons. The Hall–Kier alpha value is -0.340. The van der Waals surface area contributed by atoms with E-state index >= 15 is 0 Å². The van der Waals surface area contributed by atoms with Gasteiger partial charge in [0.15, 0.2) is 0 Å². The minimum Gasteiger partial charge on any atom is -0.396 e. The Bertz CT molecular complexity index is 163. The Morgan fingerprint density at radius 2 is 2.31 bits per heavy atom. The second-order valence-electron chi connectivity index (χ2n) is 4.31. The number of hydrogen-bond donors (Lipinski definition) is 2. The molecule has 1 aliphatic carbocycles. The van der Waals surface area contributed by atoms with E-state index < -0.39 is 0 Å². The van der Waals surface area contributed by atoms with Crippen molar-refractivity contribution in [1.82, 2.24) is 5.32 Å². The fourth-order valence-corrected chi connectivity index (χ4v) is 1.43. The van der Waals surface area contributed by atoms with Crippen LogP contribution >= 0.6 is 0 Å². The van der Waals surface area contributed by atoms with Crippen LogP contribution in [0.2, 0.25) is 0 Å². The topological polar surface area (TPSA) is 32.3 Å². The van der Waals surface area contributed by atoms with Gasteiger partial charge in [-0.15, -0.1) is 6.58 Å². The summed E-state index contributed by atoms with van der Waals surface area (Å²) in [5.41, 5.74) is 0.239. The van der Waals surface area contributed by atoms with E-state index in [4.69, 9.17) is 5.11 Å². The number of aliphatic hydroxyl groups is 1. The summed E-state index contributed by atoms with van der Waals surface area (Å²) in [6, 6.07) is 0.544. The molecule has 0 bridgehead atoms. The highest BCUT2D eigenvalue weighted by Crippen LogP contribution is 2.44. The van der Waals surface area contributed by atoms with Crippen LogP contribution in [0.5, 0.6) is 0 Å². The molecule has 0 aromatic rings. The number of hydrogen-bond acceptors (Lipinski definition) is 2. The fourth-order valence-electron chi connectivity index (χ4n) is 1.43. The molecular formula is C11H21NO. The minimum absolute atomic E-state index is 0.239. The van der Waals surface area contributed by atoms with Gasteiger partial charge >= 0.3 is 0 Å². The van der Waals surface area contributed by atoms with Crippen molar-refractivity contribution in [2.24, 2.45) is 5.41 Å². The van der Waals surface area contributed by atoms with Crippen LogP contribution in [0.1, 0.15) is 32.6 Å². The molecule has 0 saturated heterocycles. The average Bonchev–Trinajstić information content (AvgIpc) is 2.92. The molecule has 0 spiro atoms. The largest absolute Gasteiger partial charge is 0.396 e. The molecule has 1 saturated carbocycles. The Balaban J connectivity index is 2.07. The van der Waals surface area contributed by atoms with E-state index in [9.17, 15) is 0 Å². The first-order valence-corrected chi connectivity index (χ1v) is 5.17. The van der Waals surface area contributed by atoms with Crippen molar-refractivity contribution in [3.05, 3.63) is 12.7 Å². The van der Waals surface area contributed by atoms with Gasteiger partial charge in [-0.1, -0.05) is 6.08 Å². The predicted octanol–water partition coefficient (Wildman–Crippen LogP) is 1.70. The molecule has 2 N–H and O–H groups in total. The van der Waals surface area contributed by atoms with Gasteiger partial charge in [0.2, 0.25) is 0 Å². The first kappa shape index (κ1) is 10.7. The van der Waals surface area contributed by atoms with Crippen LogP contribution in [0.3, 0.4) is 0 Å². The number of nitrogens with one attached hydrogen (secondary N) is 1. The summed E-state index contributed by atoms with van der Waals surface area (Å²) in [5.74, 6) is 0. The quantitative estimate of drug-likeness (QED) is 0.589. The van der Waals surface area contributed by atoms with Crippen LogP contribution in [-0.2, 0) is 0 Å². The summed E-state index contributed by atoms with van der Waals surface area (Å²) in [6.45, 7) is 7.21. The van der Waals surface area contributed by atoms with Gasteiger partial charge in [-0.25, -0.2) is 0 Å². The van der Waals surface area contributed by atoms with Gasteiger partial charge < -0.3 is 10.4 Å². The number of rotatable bonds is 7. The molecule has 2 heteroatoms. The van der Waals surface area contributed by atoms with E-state index in [1.54, 1.807) is 0 Å². The maximum absolute atomic E-state index is 9.09. The van der Waals surface area contributed by atoms with Crippen molar-refractivity contribution >= 4 is 0 Å². The number of allylic oxidation sites excluding steroid dienone is 1. The Morgan fingerprint density at radius 1 is 1.62 bits per heavy atom. The maximum atomic E-state index is 9.09. The highest BCUT2D eigenvalue weighted by molar-refractivity contribution is 4.94. The first-order valence-electron chi connectivity index (χ1n) is 5.17. The van der Waals surface area contributed by atoms with Crippen molar-refractivity contribution in [2.45, 2.75) is 38.6 Å². The van der Waals surface area contributed by atoms with Gasteiger partial charge in [-0.2, -0.15) is 0 Å².